The highest BCUT2D eigenvalue weighted by Gasteiger charge is 2.32. The number of carbonyl (C=O) groups excluding carboxylic acids is 1. The molecule has 23 heavy (non-hydrogen) atoms. The smallest absolute Gasteiger partial charge is 0.433 e. The molecule has 7 heteroatoms. The fraction of sp³-hybridized carbons (Fsp3) is 0.250. The topological polar surface area (TPSA) is 65.2 Å². The normalized spacial score (nSPS) is 12.7. The molecule has 122 valence electrons. The Balaban J connectivity index is 2.35. The summed E-state index contributed by atoms with van der Waals surface area (Å²) in [6, 6.07) is 9.11. The molecule has 1 unspecified atom stereocenters. The fourth-order valence-electron chi connectivity index (χ4n) is 2.24. The maximum Gasteiger partial charge on any atom is 0.433 e. The lowest BCUT2D eigenvalue weighted by atomic mass is 9.89. The minimum absolute atomic E-state index is 0.0284. The first kappa shape index (κ1) is 16.8. The van der Waals surface area contributed by atoms with Gasteiger partial charge in [0, 0.05) is 18.5 Å². The van der Waals surface area contributed by atoms with Crippen molar-refractivity contribution >= 4 is 5.91 Å². The summed E-state index contributed by atoms with van der Waals surface area (Å²) in [6.45, 7) is 0. The van der Waals surface area contributed by atoms with Gasteiger partial charge in [0.25, 0.3) is 0 Å². The maximum absolute atomic E-state index is 12.6. The van der Waals surface area contributed by atoms with E-state index >= 15 is 0 Å². The van der Waals surface area contributed by atoms with Crippen molar-refractivity contribution in [2.24, 2.45) is 5.73 Å². The van der Waals surface area contributed by atoms with Crippen molar-refractivity contribution in [3.05, 3.63) is 59.4 Å². The van der Waals surface area contributed by atoms with E-state index in [2.05, 4.69) is 4.98 Å². The predicted molar refractivity (Wildman–Crippen MR) is 77.9 cm³/mol. The second kappa shape index (κ2) is 6.68. The van der Waals surface area contributed by atoms with E-state index in [-0.39, 0.29) is 6.42 Å². The van der Waals surface area contributed by atoms with Crippen LogP contribution in [0.15, 0.2) is 42.6 Å². The summed E-state index contributed by atoms with van der Waals surface area (Å²) < 4.78 is 42.8. The van der Waals surface area contributed by atoms with Gasteiger partial charge in [0.05, 0.1) is 7.11 Å². The average Bonchev–Trinajstić information content (AvgIpc) is 2.52. The Labute approximate surface area is 131 Å². The number of nitrogens with zero attached hydrogens (tertiary/aromatic N) is 1. The molecule has 1 aromatic heterocycles. The molecule has 1 heterocycles. The first-order valence-corrected chi connectivity index (χ1v) is 6.76. The molecule has 0 bridgehead atoms. The van der Waals surface area contributed by atoms with Gasteiger partial charge >= 0.3 is 6.18 Å². The summed E-state index contributed by atoms with van der Waals surface area (Å²) in [5.74, 6) is -0.379. The maximum atomic E-state index is 12.6. The van der Waals surface area contributed by atoms with Crippen LogP contribution >= 0.6 is 0 Å². The van der Waals surface area contributed by atoms with Crippen molar-refractivity contribution in [1.82, 2.24) is 4.98 Å². The summed E-state index contributed by atoms with van der Waals surface area (Å²) in [4.78, 5) is 14.7. The highest BCUT2D eigenvalue weighted by molar-refractivity contribution is 5.75. The minimum atomic E-state index is -4.50. The molecule has 0 saturated carbocycles. The highest BCUT2D eigenvalue weighted by Crippen LogP contribution is 2.32. The van der Waals surface area contributed by atoms with Gasteiger partial charge in [0.1, 0.15) is 11.4 Å². The van der Waals surface area contributed by atoms with Gasteiger partial charge in [-0.3, -0.25) is 9.78 Å². The number of rotatable bonds is 5. The Hall–Kier alpha value is -2.57. The monoisotopic (exact) mass is 324 g/mol. The molecule has 0 aliphatic rings. The predicted octanol–water partition coefficient (Wildman–Crippen LogP) is 3.12. The molecular formula is C16H15F3N2O2. The zero-order valence-electron chi connectivity index (χ0n) is 12.3. The Morgan fingerprint density at radius 2 is 1.78 bits per heavy atom. The number of nitrogens with two attached hydrogens (primary N) is 1. The number of carbonyl (C=O) groups is 1. The molecular weight excluding hydrogens is 309 g/mol. The van der Waals surface area contributed by atoms with Gasteiger partial charge < -0.3 is 10.5 Å². The van der Waals surface area contributed by atoms with Crippen molar-refractivity contribution in [3.63, 3.8) is 0 Å². The number of methoxy groups -OCH3 is 1. The number of hydrogen-bond donors (Lipinski definition) is 1. The van der Waals surface area contributed by atoms with Gasteiger partial charge in [-0.25, -0.2) is 0 Å². The summed E-state index contributed by atoms with van der Waals surface area (Å²) >= 11 is 0. The van der Waals surface area contributed by atoms with Crippen LogP contribution in [0.25, 0.3) is 0 Å². The molecule has 0 fully saturated rings. The van der Waals surface area contributed by atoms with E-state index in [4.69, 9.17) is 10.5 Å². The van der Waals surface area contributed by atoms with E-state index in [1.165, 1.54) is 13.2 Å². The third-order valence-electron chi connectivity index (χ3n) is 3.40. The van der Waals surface area contributed by atoms with E-state index in [0.717, 1.165) is 17.8 Å². The number of benzene rings is 1. The van der Waals surface area contributed by atoms with Crippen LogP contribution in [0, 0.1) is 0 Å². The van der Waals surface area contributed by atoms with Crippen molar-refractivity contribution < 1.29 is 22.7 Å². The summed E-state index contributed by atoms with van der Waals surface area (Å²) in [5, 5.41) is 0. The quantitative estimate of drug-likeness (QED) is 0.919. The molecule has 0 saturated heterocycles. The van der Waals surface area contributed by atoms with E-state index < -0.39 is 23.7 Å². The number of ether oxygens (including phenoxy) is 1. The standard InChI is InChI=1S/C16H15F3N2O2/c1-23-12-5-2-10(3-6-12)13(8-15(20)22)11-4-7-14(21-9-11)16(17,18)19/h2-7,9,13H,8H2,1H3,(H2,20,22). The van der Waals surface area contributed by atoms with Crippen LogP contribution in [0.2, 0.25) is 0 Å². The number of aromatic nitrogens is 1. The lowest BCUT2D eigenvalue weighted by Crippen LogP contribution is -2.17. The van der Waals surface area contributed by atoms with Crippen LogP contribution in [0.5, 0.6) is 5.75 Å². The van der Waals surface area contributed by atoms with E-state index in [9.17, 15) is 18.0 Å². The first-order chi connectivity index (χ1) is 10.8. The SMILES string of the molecule is COc1ccc(C(CC(N)=O)c2ccc(C(F)(F)F)nc2)cc1. The number of hydrogen-bond acceptors (Lipinski definition) is 3. The molecule has 0 spiro atoms. The van der Waals surface area contributed by atoms with Gasteiger partial charge in [-0.15, -0.1) is 0 Å². The number of pyridine rings is 1. The summed E-state index contributed by atoms with van der Waals surface area (Å²) in [7, 11) is 1.52. The zero-order valence-corrected chi connectivity index (χ0v) is 12.3. The van der Waals surface area contributed by atoms with E-state index in [1.807, 2.05) is 0 Å². The van der Waals surface area contributed by atoms with Gasteiger partial charge in [-0.1, -0.05) is 18.2 Å². The first-order valence-electron chi connectivity index (χ1n) is 6.76. The Morgan fingerprint density at radius 1 is 1.17 bits per heavy atom. The van der Waals surface area contributed by atoms with Gasteiger partial charge in [0.2, 0.25) is 5.91 Å². The van der Waals surface area contributed by atoms with Crippen LogP contribution in [-0.4, -0.2) is 18.0 Å². The molecule has 0 aliphatic carbocycles. The molecule has 2 N–H and O–H groups in total. The summed E-state index contributed by atoms with van der Waals surface area (Å²) in [5.41, 5.74) is 5.51. The Kier molecular flexibility index (Phi) is 4.88. The largest absolute Gasteiger partial charge is 0.497 e. The molecule has 1 atom stereocenters. The summed E-state index contributed by atoms with van der Waals surface area (Å²) in [6.07, 6.45) is -3.40. The third-order valence-corrected chi connectivity index (χ3v) is 3.40. The van der Waals surface area contributed by atoms with Crippen molar-refractivity contribution in [2.75, 3.05) is 7.11 Å². The Bertz CT molecular complexity index is 667. The lowest BCUT2D eigenvalue weighted by molar-refractivity contribution is -0.141. The second-order valence-corrected chi connectivity index (χ2v) is 4.97. The highest BCUT2D eigenvalue weighted by atomic mass is 19.4. The fourth-order valence-corrected chi connectivity index (χ4v) is 2.24. The zero-order chi connectivity index (χ0) is 17.0. The molecule has 2 aromatic rings. The van der Waals surface area contributed by atoms with Gasteiger partial charge in [0.15, 0.2) is 0 Å². The average molecular weight is 324 g/mol. The van der Waals surface area contributed by atoms with Crippen LogP contribution in [-0.2, 0) is 11.0 Å². The molecule has 1 aromatic carbocycles. The van der Waals surface area contributed by atoms with Gasteiger partial charge in [-0.05, 0) is 29.3 Å². The third kappa shape index (κ3) is 4.21. The van der Waals surface area contributed by atoms with Crippen LogP contribution in [0.4, 0.5) is 13.2 Å². The van der Waals surface area contributed by atoms with Gasteiger partial charge in [-0.2, -0.15) is 13.2 Å². The van der Waals surface area contributed by atoms with Crippen LogP contribution in [0.1, 0.15) is 29.2 Å². The number of alkyl halides is 3. The molecule has 2 rings (SSSR count). The number of amides is 1. The van der Waals surface area contributed by atoms with Crippen molar-refractivity contribution in [3.8, 4) is 5.75 Å². The molecule has 0 radical (unpaired) electrons. The number of primary amides is 1. The van der Waals surface area contributed by atoms with E-state index in [1.54, 1.807) is 24.3 Å². The minimum Gasteiger partial charge on any atom is -0.497 e. The molecule has 1 amide bonds. The van der Waals surface area contributed by atoms with E-state index in [0.29, 0.717) is 11.3 Å². The van der Waals surface area contributed by atoms with Crippen molar-refractivity contribution in [1.29, 1.82) is 0 Å². The lowest BCUT2D eigenvalue weighted by Gasteiger charge is -2.17. The van der Waals surface area contributed by atoms with Crippen LogP contribution < -0.4 is 10.5 Å². The van der Waals surface area contributed by atoms with Crippen molar-refractivity contribution in [2.45, 2.75) is 18.5 Å². The number of halogens is 3. The van der Waals surface area contributed by atoms with Crippen LogP contribution in [0.3, 0.4) is 0 Å². The molecule has 0 aliphatic heterocycles. The Morgan fingerprint density at radius 3 is 2.22 bits per heavy atom. The molecule has 4 nitrogen and oxygen atoms in total. The second-order valence-electron chi connectivity index (χ2n) is 4.97.